The number of nitrogens with one attached hydrogen (secondary N) is 1. The molecule has 1 aliphatic heterocycles. The van der Waals surface area contributed by atoms with Crippen molar-refractivity contribution in [2.75, 3.05) is 16.2 Å². The quantitative estimate of drug-likeness (QED) is 0.728. The Morgan fingerprint density at radius 1 is 0.964 bits per heavy atom. The smallest absolute Gasteiger partial charge is 0.262 e. The van der Waals surface area contributed by atoms with Crippen LogP contribution in [0.3, 0.4) is 0 Å². The number of carbonyl (C=O) groups is 1. The Kier molecular flexibility index (Phi) is 4.65. The first-order valence-electron chi connectivity index (χ1n) is 9.04. The second-order valence-electron chi connectivity index (χ2n) is 6.73. The van der Waals surface area contributed by atoms with Crippen LogP contribution in [0.5, 0.6) is 0 Å². The summed E-state index contributed by atoms with van der Waals surface area (Å²) >= 11 is 0. The predicted octanol–water partition coefficient (Wildman–Crippen LogP) is 4.06. The average molecular weight is 392 g/mol. The molecule has 0 fully saturated rings. The van der Waals surface area contributed by atoms with Crippen LogP contribution in [0, 0.1) is 0 Å². The summed E-state index contributed by atoms with van der Waals surface area (Å²) in [4.78, 5) is 13.6. The lowest BCUT2D eigenvalue weighted by atomic mass is 10.1. The molecule has 3 aromatic carbocycles. The topological polar surface area (TPSA) is 66.5 Å². The van der Waals surface area contributed by atoms with Gasteiger partial charge < -0.3 is 4.90 Å². The van der Waals surface area contributed by atoms with E-state index in [1.165, 1.54) is 6.92 Å². The molecule has 1 N–H and O–H groups in total. The minimum atomic E-state index is -3.77. The molecule has 4 rings (SSSR count). The van der Waals surface area contributed by atoms with E-state index in [2.05, 4.69) is 4.72 Å². The van der Waals surface area contributed by atoms with Crippen LogP contribution in [-0.2, 0) is 21.2 Å². The van der Waals surface area contributed by atoms with Crippen molar-refractivity contribution in [1.82, 2.24) is 0 Å². The molecule has 0 bridgehead atoms. The number of benzene rings is 3. The summed E-state index contributed by atoms with van der Waals surface area (Å²) in [5.41, 5.74) is 3.80. The number of hydrogen-bond donors (Lipinski definition) is 1. The summed E-state index contributed by atoms with van der Waals surface area (Å²) in [5, 5.41) is 0. The van der Waals surface area contributed by atoms with Crippen LogP contribution >= 0.6 is 0 Å². The number of sulfonamides is 1. The van der Waals surface area contributed by atoms with Gasteiger partial charge in [0.1, 0.15) is 0 Å². The zero-order valence-corrected chi connectivity index (χ0v) is 16.2. The van der Waals surface area contributed by atoms with Crippen molar-refractivity contribution in [2.24, 2.45) is 0 Å². The Balaban J connectivity index is 1.68. The van der Waals surface area contributed by atoms with Crippen molar-refractivity contribution in [3.05, 3.63) is 78.4 Å². The minimum Gasteiger partial charge on any atom is -0.312 e. The summed E-state index contributed by atoms with van der Waals surface area (Å²) in [6.45, 7) is 2.16. The van der Waals surface area contributed by atoms with Gasteiger partial charge in [-0.3, -0.25) is 9.52 Å². The van der Waals surface area contributed by atoms with Gasteiger partial charge in [-0.2, -0.15) is 0 Å². The number of nitrogens with zero attached hydrogens (tertiary/aromatic N) is 1. The number of anilines is 2. The molecule has 1 amide bonds. The van der Waals surface area contributed by atoms with E-state index in [4.69, 9.17) is 0 Å². The van der Waals surface area contributed by atoms with Gasteiger partial charge in [0.2, 0.25) is 5.91 Å². The summed E-state index contributed by atoms with van der Waals surface area (Å²) in [6, 6.07) is 21.7. The SMILES string of the molecule is CC(=O)N1CCc2cc(NS(=O)(=O)c3ccccc3-c3ccccc3)ccc21. The van der Waals surface area contributed by atoms with Crippen LogP contribution in [-0.4, -0.2) is 20.9 Å². The molecule has 0 saturated heterocycles. The molecule has 1 aliphatic rings. The van der Waals surface area contributed by atoms with E-state index in [-0.39, 0.29) is 10.8 Å². The van der Waals surface area contributed by atoms with Crippen LogP contribution in [0.25, 0.3) is 11.1 Å². The van der Waals surface area contributed by atoms with Crippen LogP contribution in [0.1, 0.15) is 12.5 Å². The van der Waals surface area contributed by atoms with Gasteiger partial charge in [-0.25, -0.2) is 8.42 Å². The van der Waals surface area contributed by atoms with E-state index in [0.29, 0.717) is 24.2 Å². The highest BCUT2D eigenvalue weighted by Gasteiger charge is 2.24. The molecular formula is C22H20N2O3S. The van der Waals surface area contributed by atoms with Gasteiger partial charge in [0.25, 0.3) is 10.0 Å². The third-order valence-electron chi connectivity index (χ3n) is 4.87. The number of carbonyl (C=O) groups excluding carboxylic acids is 1. The first-order valence-corrected chi connectivity index (χ1v) is 10.5. The van der Waals surface area contributed by atoms with Gasteiger partial charge in [-0.15, -0.1) is 0 Å². The molecule has 0 aliphatic carbocycles. The maximum Gasteiger partial charge on any atom is 0.262 e. The molecule has 0 atom stereocenters. The largest absolute Gasteiger partial charge is 0.312 e. The van der Waals surface area contributed by atoms with Gasteiger partial charge in [0.05, 0.1) is 4.90 Å². The molecule has 1 heterocycles. The van der Waals surface area contributed by atoms with Gasteiger partial charge in [-0.05, 0) is 41.8 Å². The third-order valence-corrected chi connectivity index (χ3v) is 6.31. The highest BCUT2D eigenvalue weighted by molar-refractivity contribution is 7.92. The number of amides is 1. The first kappa shape index (κ1) is 18.3. The summed E-state index contributed by atoms with van der Waals surface area (Å²) in [6.07, 6.45) is 0.713. The molecule has 0 spiro atoms. The summed E-state index contributed by atoms with van der Waals surface area (Å²) in [5.74, 6) is -0.0103. The van der Waals surface area contributed by atoms with Gasteiger partial charge >= 0.3 is 0 Å². The molecule has 0 unspecified atom stereocenters. The predicted molar refractivity (Wildman–Crippen MR) is 111 cm³/mol. The molecular weight excluding hydrogens is 372 g/mol. The van der Waals surface area contributed by atoms with Gasteiger partial charge in [0.15, 0.2) is 0 Å². The first-order chi connectivity index (χ1) is 13.5. The van der Waals surface area contributed by atoms with Crippen LogP contribution in [0.2, 0.25) is 0 Å². The second kappa shape index (κ2) is 7.13. The van der Waals surface area contributed by atoms with E-state index in [1.54, 1.807) is 41.3 Å². The fourth-order valence-electron chi connectivity index (χ4n) is 3.56. The third kappa shape index (κ3) is 3.39. The average Bonchev–Trinajstić information content (AvgIpc) is 3.12. The number of hydrogen-bond acceptors (Lipinski definition) is 3. The lowest BCUT2D eigenvalue weighted by molar-refractivity contribution is -0.116. The van der Waals surface area contributed by atoms with Gasteiger partial charge in [0, 0.05) is 30.4 Å². The Hall–Kier alpha value is -3.12. The van der Waals surface area contributed by atoms with Crippen LogP contribution in [0.4, 0.5) is 11.4 Å². The van der Waals surface area contributed by atoms with E-state index < -0.39 is 10.0 Å². The zero-order chi connectivity index (χ0) is 19.7. The van der Waals surface area contributed by atoms with Crippen molar-refractivity contribution >= 4 is 27.3 Å². The molecule has 0 radical (unpaired) electrons. The van der Waals surface area contributed by atoms with Crippen molar-refractivity contribution in [3.63, 3.8) is 0 Å². The van der Waals surface area contributed by atoms with E-state index in [0.717, 1.165) is 16.8 Å². The number of fused-ring (bicyclic) bond motifs is 1. The molecule has 3 aromatic rings. The highest BCUT2D eigenvalue weighted by Crippen LogP contribution is 2.32. The molecule has 5 nitrogen and oxygen atoms in total. The molecule has 142 valence electrons. The van der Waals surface area contributed by atoms with Gasteiger partial charge in [-0.1, -0.05) is 48.5 Å². The number of rotatable bonds is 4. The van der Waals surface area contributed by atoms with Crippen LogP contribution < -0.4 is 9.62 Å². The standard InChI is InChI=1S/C22H20N2O3S/c1-16(25)24-14-13-18-15-19(11-12-21(18)24)23-28(26,27)22-10-6-5-9-20(22)17-7-3-2-4-8-17/h2-12,15,23H,13-14H2,1H3. The zero-order valence-electron chi connectivity index (χ0n) is 15.4. The lowest BCUT2D eigenvalue weighted by Gasteiger charge is -2.16. The van der Waals surface area contributed by atoms with Crippen molar-refractivity contribution < 1.29 is 13.2 Å². The van der Waals surface area contributed by atoms with Crippen molar-refractivity contribution in [2.45, 2.75) is 18.2 Å². The summed E-state index contributed by atoms with van der Waals surface area (Å²) < 4.78 is 28.9. The fraction of sp³-hybridized carbons (Fsp3) is 0.136. The lowest BCUT2D eigenvalue weighted by Crippen LogP contribution is -2.25. The Morgan fingerprint density at radius 2 is 1.68 bits per heavy atom. The molecule has 6 heteroatoms. The monoisotopic (exact) mass is 392 g/mol. The maximum atomic E-state index is 13.1. The summed E-state index contributed by atoms with van der Waals surface area (Å²) in [7, 11) is -3.77. The fourth-order valence-corrected chi connectivity index (χ4v) is 4.84. The van der Waals surface area contributed by atoms with E-state index in [9.17, 15) is 13.2 Å². The normalized spacial score (nSPS) is 13.2. The maximum absolute atomic E-state index is 13.1. The van der Waals surface area contributed by atoms with Crippen LogP contribution in [0.15, 0.2) is 77.7 Å². The Bertz CT molecular complexity index is 1140. The Labute approximate surface area is 164 Å². The minimum absolute atomic E-state index is 0.0103. The second-order valence-corrected chi connectivity index (χ2v) is 8.38. The van der Waals surface area contributed by atoms with E-state index >= 15 is 0 Å². The van der Waals surface area contributed by atoms with E-state index in [1.807, 2.05) is 36.4 Å². The Morgan fingerprint density at radius 3 is 2.43 bits per heavy atom. The molecule has 28 heavy (non-hydrogen) atoms. The molecule has 0 saturated carbocycles. The van der Waals surface area contributed by atoms with Crippen molar-refractivity contribution in [1.29, 1.82) is 0 Å². The van der Waals surface area contributed by atoms with Crippen molar-refractivity contribution in [3.8, 4) is 11.1 Å². The molecule has 0 aromatic heterocycles. The highest BCUT2D eigenvalue weighted by atomic mass is 32.2.